The van der Waals surface area contributed by atoms with Gasteiger partial charge in [-0.2, -0.15) is 0 Å². The first-order chi connectivity index (χ1) is 8.63. The van der Waals surface area contributed by atoms with Crippen molar-refractivity contribution in [3.63, 3.8) is 0 Å². The fourth-order valence-electron chi connectivity index (χ4n) is 3.09. The first-order valence-corrected chi connectivity index (χ1v) is 7.31. The van der Waals surface area contributed by atoms with E-state index < -0.39 is 0 Å². The maximum absolute atomic E-state index is 10.0. The molecule has 2 rings (SSSR count). The van der Waals surface area contributed by atoms with Gasteiger partial charge >= 0.3 is 0 Å². The SMILES string of the molecule is C[C@@H]1CN(C[C@H](O)COC2CCCC2)C[C@H](C)O1. The van der Waals surface area contributed by atoms with Crippen molar-refractivity contribution >= 4 is 0 Å². The van der Waals surface area contributed by atoms with E-state index in [-0.39, 0.29) is 18.3 Å². The molecule has 0 amide bonds. The number of hydrogen-bond donors (Lipinski definition) is 1. The largest absolute Gasteiger partial charge is 0.389 e. The number of aliphatic hydroxyl groups excluding tert-OH is 1. The number of β-amino-alcohol motifs (C(OH)–C–C–N with tert-alkyl or cyclic N) is 1. The van der Waals surface area contributed by atoms with Crippen molar-refractivity contribution in [1.82, 2.24) is 4.90 Å². The molecule has 0 aromatic rings. The lowest BCUT2D eigenvalue weighted by Crippen LogP contribution is -2.48. The van der Waals surface area contributed by atoms with Gasteiger partial charge in [0.25, 0.3) is 0 Å². The topological polar surface area (TPSA) is 41.9 Å². The van der Waals surface area contributed by atoms with Crippen LogP contribution < -0.4 is 0 Å². The van der Waals surface area contributed by atoms with E-state index in [2.05, 4.69) is 18.7 Å². The lowest BCUT2D eigenvalue weighted by Gasteiger charge is -2.36. The Morgan fingerprint density at radius 3 is 2.44 bits per heavy atom. The molecule has 0 bridgehead atoms. The predicted molar refractivity (Wildman–Crippen MR) is 70.7 cm³/mol. The standard InChI is InChI=1S/C14H27NO3/c1-11-7-15(8-12(2)18-11)9-13(16)10-17-14-5-3-4-6-14/h11-14,16H,3-10H2,1-2H3/t11-,12+,13-/m0/s1. The normalized spacial score (nSPS) is 32.8. The van der Waals surface area contributed by atoms with Crippen LogP contribution in [-0.2, 0) is 9.47 Å². The number of morpholine rings is 1. The Kier molecular flexibility index (Phi) is 5.42. The minimum Gasteiger partial charge on any atom is -0.389 e. The van der Waals surface area contributed by atoms with Crippen LogP contribution in [0, 0.1) is 0 Å². The molecule has 0 radical (unpaired) electrons. The molecule has 1 aliphatic carbocycles. The van der Waals surface area contributed by atoms with Crippen LogP contribution in [0.3, 0.4) is 0 Å². The van der Waals surface area contributed by atoms with Crippen LogP contribution in [0.2, 0.25) is 0 Å². The van der Waals surface area contributed by atoms with Crippen LogP contribution in [0.4, 0.5) is 0 Å². The predicted octanol–water partition coefficient (Wildman–Crippen LogP) is 1.42. The molecule has 3 atom stereocenters. The van der Waals surface area contributed by atoms with E-state index in [0.29, 0.717) is 19.3 Å². The Balaban J connectivity index is 1.64. The van der Waals surface area contributed by atoms with Crippen molar-refractivity contribution in [3.05, 3.63) is 0 Å². The van der Waals surface area contributed by atoms with Gasteiger partial charge in [0.1, 0.15) is 0 Å². The van der Waals surface area contributed by atoms with Gasteiger partial charge in [0.2, 0.25) is 0 Å². The fraction of sp³-hybridized carbons (Fsp3) is 1.00. The summed E-state index contributed by atoms with van der Waals surface area (Å²) in [6.07, 6.45) is 5.42. The monoisotopic (exact) mass is 257 g/mol. The summed E-state index contributed by atoms with van der Waals surface area (Å²) in [5, 5.41) is 10.0. The molecule has 1 N–H and O–H groups in total. The van der Waals surface area contributed by atoms with Gasteiger partial charge in [-0.1, -0.05) is 12.8 Å². The van der Waals surface area contributed by atoms with E-state index in [9.17, 15) is 5.11 Å². The molecule has 0 aromatic heterocycles. The summed E-state index contributed by atoms with van der Waals surface area (Å²) < 4.78 is 11.4. The zero-order valence-electron chi connectivity index (χ0n) is 11.7. The lowest BCUT2D eigenvalue weighted by atomic mass is 10.2. The molecule has 106 valence electrons. The highest BCUT2D eigenvalue weighted by molar-refractivity contribution is 4.76. The van der Waals surface area contributed by atoms with Crippen molar-refractivity contribution < 1.29 is 14.6 Å². The molecule has 0 unspecified atom stereocenters. The summed E-state index contributed by atoms with van der Waals surface area (Å²) in [4.78, 5) is 2.28. The third-order valence-corrected chi connectivity index (χ3v) is 3.79. The molecule has 0 spiro atoms. The minimum absolute atomic E-state index is 0.261. The first kappa shape index (κ1) is 14.3. The second-order valence-electron chi connectivity index (χ2n) is 5.87. The number of aliphatic hydroxyl groups is 1. The van der Waals surface area contributed by atoms with Crippen LogP contribution >= 0.6 is 0 Å². The maximum Gasteiger partial charge on any atom is 0.0900 e. The molecule has 1 heterocycles. The van der Waals surface area contributed by atoms with Gasteiger partial charge in [-0.3, -0.25) is 4.90 Å². The smallest absolute Gasteiger partial charge is 0.0900 e. The molecule has 1 saturated heterocycles. The molecule has 2 aliphatic rings. The molecule has 1 aliphatic heterocycles. The highest BCUT2D eigenvalue weighted by Crippen LogP contribution is 2.21. The van der Waals surface area contributed by atoms with Crippen LogP contribution in [-0.4, -0.2) is 60.7 Å². The lowest BCUT2D eigenvalue weighted by molar-refractivity contribution is -0.0854. The fourth-order valence-corrected chi connectivity index (χ4v) is 3.09. The van der Waals surface area contributed by atoms with Crippen LogP contribution in [0.5, 0.6) is 0 Å². The average molecular weight is 257 g/mol. The molecule has 4 heteroatoms. The van der Waals surface area contributed by atoms with E-state index >= 15 is 0 Å². The summed E-state index contributed by atoms with van der Waals surface area (Å²) in [5.41, 5.74) is 0. The molecule has 4 nitrogen and oxygen atoms in total. The van der Waals surface area contributed by atoms with E-state index in [4.69, 9.17) is 9.47 Å². The summed E-state index contributed by atoms with van der Waals surface area (Å²) in [5.74, 6) is 0. The second-order valence-corrected chi connectivity index (χ2v) is 5.87. The Morgan fingerprint density at radius 1 is 1.22 bits per heavy atom. The summed E-state index contributed by atoms with van der Waals surface area (Å²) in [6.45, 7) is 7.17. The van der Waals surface area contributed by atoms with Gasteiger partial charge in [0, 0.05) is 19.6 Å². The van der Waals surface area contributed by atoms with Gasteiger partial charge in [-0.05, 0) is 26.7 Å². The number of nitrogens with zero attached hydrogens (tertiary/aromatic N) is 1. The van der Waals surface area contributed by atoms with Gasteiger partial charge in [-0.25, -0.2) is 0 Å². The van der Waals surface area contributed by atoms with Gasteiger partial charge in [0.05, 0.1) is 31.0 Å². The number of ether oxygens (including phenoxy) is 2. The Hall–Kier alpha value is -0.160. The third-order valence-electron chi connectivity index (χ3n) is 3.79. The molecule has 1 saturated carbocycles. The van der Waals surface area contributed by atoms with Crippen LogP contribution in [0.15, 0.2) is 0 Å². The number of hydrogen-bond acceptors (Lipinski definition) is 4. The van der Waals surface area contributed by atoms with Crippen molar-refractivity contribution in [2.24, 2.45) is 0 Å². The van der Waals surface area contributed by atoms with Crippen LogP contribution in [0.1, 0.15) is 39.5 Å². The van der Waals surface area contributed by atoms with Crippen molar-refractivity contribution in [2.75, 3.05) is 26.2 Å². The van der Waals surface area contributed by atoms with Gasteiger partial charge in [0.15, 0.2) is 0 Å². The maximum atomic E-state index is 10.0. The van der Waals surface area contributed by atoms with Gasteiger partial charge < -0.3 is 14.6 Å². The quantitative estimate of drug-likeness (QED) is 0.809. The Bertz CT molecular complexity index is 233. The summed E-state index contributed by atoms with van der Waals surface area (Å²) >= 11 is 0. The molecular formula is C14H27NO3. The van der Waals surface area contributed by atoms with E-state index in [0.717, 1.165) is 13.1 Å². The van der Waals surface area contributed by atoms with E-state index in [1.807, 2.05) is 0 Å². The van der Waals surface area contributed by atoms with Crippen molar-refractivity contribution in [3.8, 4) is 0 Å². The third kappa shape index (κ3) is 4.50. The summed E-state index contributed by atoms with van der Waals surface area (Å²) in [6, 6.07) is 0. The van der Waals surface area contributed by atoms with Crippen LogP contribution in [0.25, 0.3) is 0 Å². The second kappa shape index (κ2) is 6.85. The zero-order valence-corrected chi connectivity index (χ0v) is 11.7. The number of rotatable bonds is 5. The molecule has 18 heavy (non-hydrogen) atoms. The zero-order chi connectivity index (χ0) is 13.0. The Morgan fingerprint density at radius 2 is 1.83 bits per heavy atom. The summed E-state index contributed by atoms with van der Waals surface area (Å²) in [7, 11) is 0. The average Bonchev–Trinajstić information content (AvgIpc) is 2.77. The van der Waals surface area contributed by atoms with E-state index in [1.165, 1.54) is 25.7 Å². The highest BCUT2D eigenvalue weighted by atomic mass is 16.5. The molecule has 0 aromatic carbocycles. The van der Waals surface area contributed by atoms with Gasteiger partial charge in [-0.15, -0.1) is 0 Å². The van der Waals surface area contributed by atoms with E-state index in [1.54, 1.807) is 0 Å². The van der Waals surface area contributed by atoms with Crippen molar-refractivity contribution in [1.29, 1.82) is 0 Å². The minimum atomic E-state index is -0.372. The molecule has 2 fully saturated rings. The first-order valence-electron chi connectivity index (χ1n) is 7.31. The molecular weight excluding hydrogens is 230 g/mol. The van der Waals surface area contributed by atoms with Crippen molar-refractivity contribution in [2.45, 2.75) is 63.9 Å². The Labute approximate surface area is 110 Å². The highest BCUT2D eigenvalue weighted by Gasteiger charge is 2.24.